The molecule has 4 heteroatoms. The highest BCUT2D eigenvalue weighted by Crippen LogP contribution is 2.29. The van der Waals surface area contributed by atoms with Gasteiger partial charge in [-0.05, 0) is 31.4 Å². The van der Waals surface area contributed by atoms with Gasteiger partial charge in [-0.2, -0.15) is 0 Å². The van der Waals surface area contributed by atoms with Gasteiger partial charge in [-0.15, -0.1) is 0 Å². The van der Waals surface area contributed by atoms with Crippen LogP contribution in [0.2, 0.25) is 0 Å². The summed E-state index contributed by atoms with van der Waals surface area (Å²) < 4.78 is 5.54. The summed E-state index contributed by atoms with van der Waals surface area (Å²) in [4.78, 5) is 13.6. The van der Waals surface area contributed by atoms with Crippen molar-refractivity contribution in [1.29, 1.82) is 0 Å². The number of aliphatic hydroxyl groups is 1. The van der Waals surface area contributed by atoms with Gasteiger partial charge in [-0.1, -0.05) is 31.0 Å². The minimum atomic E-state index is -0.701. The van der Waals surface area contributed by atoms with Gasteiger partial charge in [0.25, 0.3) is 5.91 Å². The summed E-state index contributed by atoms with van der Waals surface area (Å²) in [6.45, 7) is 2.35. The van der Waals surface area contributed by atoms with E-state index >= 15 is 0 Å². The Kier molecular flexibility index (Phi) is 4.65. The van der Waals surface area contributed by atoms with Crippen molar-refractivity contribution in [1.82, 2.24) is 4.90 Å². The predicted molar refractivity (Wildman–Crippen MR) is 77.7 cm³/mol. The number of rotatable bonds is 5. The summed E-state index contributed by atoms with van der Waals surface area (Å²) in [7, 11) is 1.72. The van der Waals surface area contributed by atoms with Crippen molar-refractivity contribution in [2.75, 3.05) is 20.2 Å². The van der Waals surface area contributed by atoms with Gasteiger partial charge in [0.15, 0.2) is 6.61 Å². The van der Waals surface area contributed by atoms with E-state index in [1.807, 2.05) is 31.2 Å². The summed E-state index contributed by atoms with van der Waals surface area (Å²) in [6.07, 6.45) is 3.64. The molecule has 0 saturated heterocycles. The standard InChI is InChI=1S/C16H23NO3/c1-13-7-3-4-8-14(13)20-11-15(18)17(2)12-16(19)9-5-6-10-16/h3-4,7-8,19H,5-6,9-12H2,1-2H3. The van der Waals surface area contributed by atoms with E-state index in [2.05, 4.69) is 0 Å². The molecule has 2 rings (SSSR count). The molecule has 1 fully saturated rings. The number of hydrogen-bond donors (Lipinski definition) is 1. The largest absolute Gasteiger partial charge is 0.484 e. The number of ether oxygens (including phenoxy) is 1. The van der Waals surface area contributed by atoms with E-state index in [0.717, 1.165) is 37.0 Å². The molecular weight excluding hydrogens is 254 g/mol. The molecule has 1 N–H and O–H groups in total. The predicted octanol–water partition coefficient (Wildman–Crippen LogP) is 2.14. The molecule has 0 radical (unpaired) electrons. The normalized spacial score (nSPS) is 16.9. The maximum absolute atomic E-state index is 12.0. The Bertz CT molecular complexity index is 467. The van der Waals surface area contributed by atoms with Crippen molar-refractivity contribution >= 4 is 5.91 Å². The summed E-state index contributed by atoms with van der Waals surface area (Å²) in [6, 6.07) is 7.63. The average molecular weight is 277 g/mol. The number of nitrogens with zero attached hydrogens (tertiary/aromatic N) is 1. The number of amides is 1. The molecule has 0 bridgehead atoms. The van der Waals surface area contributed by atoms with Gasteiger partial charge in [-0.3, -0.25) is 4.79 Å². The molecule has 0 aromatic heterocycles. The van der Waals surface area contributed by atoms with Crippen LogP contribution in [0, 0.1) is 6.92 Å². The van der Waals surface area contributed by atoms with Crippen molar-refractivity contribution < 1.29 is 14.6 Å². The fraction of sp³-hybridized carbons (Fsp3) is 0.562. The lowest BCUT2D eigenvalue weighted by Gasteiger charge is -2.28. The van der Waals surface area contributed by atoms with Crippen LogP contribution in [0.3, 0.4) is 0 Å². The van der Waals surface area contributed by atoms with Crippen molar-refractivity contribution in [3.05, 3.63) is 29.8 Å². The molecule has 0 atom stereocenters. The van der Waals surface area contributed by atoms with E-state index < -0.39 is 5.60 Å². The van der Waals surface area contributed by atoms with Crippen molar-refractivity contribution in [3.63, 3.8) is 0 Å². The van der Waals surface area contributed by atoms with Gasteiger partial charge >= 0.3 is 0 Å². The van der Waals surface area contributed by atoms with E-state index in [-0.39, 0.29) is 12.5 Å². The highest BCUT2D eigenvalue weighted by atomic mass is 16.5. The molecule has 0 heterocycles. The summed E-state index contributed by atoms with van der Waals surface area (Å²) >= 11 is 0. The third-order valence-corrected chi connectivity index (χ3v) is 3.94. The Hall–Kier alpha value is -1.55. The number of para-hydroxylation sites is 1. The fourth-order valence-corrected chi connectivity index (χ4v) is 2.69. The first kappa shape index (κ1) is 14.9. The molecule has 1 aliphatic rings. The highest BCUT2D eigenvalue weighted by Gasteiger charge is 2.33. The monoisotopic (exact) mass is 277 g/mol. The summed E-state index contributed by atoms with van der Waals surface area (Å²) in [5, 5.41) is 10.3. The van der Waals surface area contributed by atoms with Gasteiger partial charge in [0.05, 0.1) is 5.60 Å². The number of benzene rings is 1. The van der Waals surface area contributed by atoms with E-state index in [9.17, 15) is 9.90 Å². The third-order valence-electron chi connectivity index (χ3n) is 3.94. The van der Waals surface area contributed by atoms with E-state index in [0.29, 0.717) is 6.54 Å². The molecule has 1 aromatic rings. The van der Waals surface area contributed by atoms with E-state index in [1.54, 1.807) is 11.9 Å². The minimum Gasteiger partial charge on any atom is -0.484 e. The van der Waals surface area contributed by atoms with Crippen molar-refractivity contribution in [2.24, 2.45) is 0 Å². The van der Waals surface area contributed by atoms with E-state index in [4.69, 9.17) is 4.74 Å². The lowest BCUT2D eigenvalue weighted by molar-refractivity contribution is -0.135. The molecule has 0 aliphatic heterocycles. The zero-order chi connectivity index (χ0) is 14.6. The molecule has 1 amide bonds. The van der Waals surface area contributed by atoms with Crippen LogP contribution in [0.1, 0.15) is 31.2 Å². The second-order valence-corrected chi connectivity index (χ2v) is 5.74. The summed E-state index contributed by atoms with van der Waals surface area (Å²) in [5.74, 6) is 0.627. The Balaban J connectivity index is 1.84. The van der Waals surface area contributed by atoms with Crippen LogP contribution in [-0.2, 0) is 4.79 Å². The molecule has 1 aromatic carbocycles. The van der Waals surface area contributed by atoms with Crippen LogP contribution in [0.4, 0.5) is 0 Å². The van der Waals surface area contributed by atoms with Gasteiger partial charge in [-0.25, -0.2) is 0 Å². The number of likely N-dealkylation sites (N-methyl/N-ethyl adjacent to an activating group) is 1. The molecule has 0 spiro atoms. The number of hydrogen-bond acceptors (Lipinski definition) is 3. The summed E-state index contributed by atoms with van der Waals surface area (Å²) in [5.41, 5.74) is 0.310. The molecule has 20 heavy (non-hydrogen) atoms. The first-order valence-electron chi connectivity index (χ1n) is 7.15. The van der Waals surface area contributed by atoms with Crippen LogP contribution >= 0.6 is 0 Å². The third kappa shape index (κ3) is 3.73. The first-order chi connectivity index (χ1) is 9.50. The highest BCUT2D eigenvalue weighted by molar-refractivity contribution is 5.77. The number of carbonyl (C=O) groups excluding carboxylic acids is 1. The Morgan fingerprint density at radius 2 is 2.00 bits per heavy atom. The van der Waals surface area contributed by atoms with Crippen LogP contribution in [-0.4, -0.2) is 41.7 Å². The average Bonchev–Trinajstić information content (AvgIpc) is 2.84. The SMILES string of the molecule is Cc1ccccc1OCC(=O)N(C)CC1(O)CCCC1. The maximum atomic E-state index is 12.0. The van der Waals surface area contributed by atoms with Crippen molar-refractivity contribution in [2.45, 2.75) is 38.2 Å². The Labute approximate surface area is 120 Å². The topological polar surface area (TPSA) is 49.8 Å². The van der Waals surface area contributed by atoms with Gasteiger partial charge in [0, 0.05) is 13.6 Å². The molecule has 0 unspecified atom stereocenters. The molecule has 4 nitrogen and oxygen atoms in total. The van der Waals surface area contributed by atoms with Gasteiger partial charge in [0.1, 0.15) is 5.75 Å². The lowest BCUT2D eigenvalue weighted by atomic mass is 10.0. The minimum absolute atomic E-state index is 0.0113. The number of carbonyl (C=O) groups is 1. The quantitative estimate of drug-likeness (QED) is 0.897. The molecule has 1 aliphatic carbocycles. The van der Waals surface area contributed by atoms with E-state index in [1.165, 1.54) is 0 Å². The van der Waals surface area contributed by atoms with Crippen molar-refractivity contribution in [3.8, 4) is 5.75 Å². The Morgan fingerprint density at radius 3 is 2.65 bits per heavy atom. The maximum Gasteiger partial charge on any atom is 0.260 e. The van der Waals surface area contributed by atoms with Crippen LogP contribution in [0.25, 0.3) is 0 Å². The van der Waals surface area contributed by atoms with Crippen LogP contribution < -0.4 is 4.74 Å². The zero-order valence-corrected chi connectivity index (χ0v) is 12.3. The van der Waals surface area contributed by atoms with Gasteiger partial charge in [0.2, 0.25) is 0 Å². The van der Waals surface area contributed by atoms with Crippen LogP contribution in [0.15, 0.2) is 24.3 Å². The zero-order valence-electron chi connectivity index (χ0n) is 12.3. The number of aryl methyl sites for hydroxylation is 1. The smallest absolute Gasteiger partial charge is 0.260 e. The van der Waals surface area contributed by atoms with Gasteiger partial charge < -0.3 is 14.7 Å². The molecular formula is C16H23NO3. The fourth-order valence-electron chi connectivity index (χ4n) is 2.69. The lowest BCUT2D eigenvalue weighted by Crippen LogP contribution is -2.43. The Morgan fingerprint density at radius 1 is 1.35 bits per heavy atom. The molecule has 110 valence electrons. The van der Waals surface area contributed by atoms with Crippen LogP contribution in [0.5, 0.6) is 5.75 Å². The molecule has 1 saturated carbocycles. The second-order valence-electron chi connectivity index (χ2n) is 5.74. The first-order valence-corrected chi connectivity index (χ1v) is 7.15. The second kappa shape index (κ2) is 6.27.